The Kier molecular flexibility index (Phi) is 6.09. The molecule has 0 amide bonds. The fraction of sp³-hybridized carbons (Fsp3) is 0.182. The summed E-state index contributed by atoms with van der Waals surface area (Å²) >= 11 is 3.45. The molecular weight excluding hydrogens is 423 g/mol. The topological polar surface area (TPSA) is 54.6 Å². The molecule has 3 aromatic rings. The second-order valence-electron chi connectivity index (χ2n) is 6.72. The van der Waals surface area contributed by atoms with Gasteiger partial charge in [-0.2, -0.15) is 0 Å². The van der Waals surface area contributed by atoms with Gasteiger partial charge in [0.05, 0.1) is 5.71 Å². The van der Waals surface area contributed by atoms with E-state index in [0.717, 1.165) is 21.2 Å². The van der Waals surface area contributed by atoms with E-state index >= 15 is 0 Å². The van der Waals surface area contributed by atoms with Gasteiger partial charge >= 0.3 is 0 Å². The highest BCUT2D eigenvalue weighted by Gasteiger charge is 2.21. The van der Waals surface area contributed by atoms with Crippen LogP contribution in [0.3, 0.4) is 0 Å². The van der Waals surface area contributed by atoms with Crippen LogP contribution in [0.5, 0.6) is 0 Å². The molecule has 3 rings (SSSR count). The van der Waals surface area contributed by atoms with Gasteiger partial charge in [-0.05, 0) is 53.9 Å². The van der Waals surface area contributed by atoms with E-state index < -0.39 is 0 Å². The quantitative estimate of drug-likeness (QED) is 0.343. The molecule has 0 radical (unpaired) electrons. The standard InChI is InChI=1S/C22H20BrFN2O2/c1-14-11-18(24)8-9-19(14)20(15-3-6-17(23)7-4-15)12-21(25-28)16-5-10-22(27)26(2)13-16/h3-11,13,20,28H,12H2,1-2H3/b25-21+. The highest BCUT2D eigenvalue weighted by atomic mass is 79.9. The van der Waals surface area contributed by atoms with Crippen molar-refractivity contribution in [1.82, 2.24) is 4.57 Å². The van der Waals surface area contributed by atoms with Crippen LogP contribution in [0.4, 0.5) is 4.39 Å². The Morgan fingerprint density at radius 3 is 2.50 bits per heavy atom. The zero-order valence-corrected chi connectivity index (χ0v) is 17.1. The lowest BCUT2D eigenvalue weighted by molar-refractivity contribution is 0.317. The van der Waals surface area contributed by atoms with E-state index in [1.165, 1.54) is 22.8 Å². The van der Waals surface area contributed by atoms with Crippen LogP contribution in [-0.4, -0.2) is 15.5 Å². The lowest BCUT2D eigenvalue weighted by atomic mass is 9.83. The molecule has 0 aliphatic rings. The molecule has 1 unspecified atom stereocenters. The Bertz CT molecular complexity index is 1070. The van der Waals surface area contributed by atoms with Gasteiger partial charge in [-0.25, -0.2) is 4.39 Å². The Morgan fingerprint density at radius 2 is 1.89 bits per heavy atom. The molecule has 144 valence electrons. The van der Waals surface area contributed by atoms with E-state index in [9.17, 15) is 14.4 Å². The summed E-state index contributed by atoms with van der Waals surface area (Å²) in [6.45, 7) is 1.87. The smallest absolute Gasteiger partial charge is 0.250 e. The van der Waals surface area contributed by atoms with Crippen molar-refractivity contribution in [3.8, 4) is 0 Å². The number of benzene rings is 2. The van der Waals surface area contributed by atoms with E-state index in [-0.39, 0.29) is 17.3 Å². The lowest BCUT2D eigenvalue weighted by Crippen LogP contribution is -2.18. The van der Waals surface area contributed by atoms with Crippen LogP contribution in [0.2, 0.25) is 0 Å². The van der Waals surface area contributed by atoms with Gasteiger partial charge in [0.2, 0.25) is 5.56 Å². The van der Waals surface area contributed by atoms with Gasteiger partial charge in [0.25, 0.3) is 0 Å². The summed E-state index contributed by atoms with van der Waals surface area (Å²) in [5.41, 5.74) is 3.77. The van der Waals surface area contributed by atoms with Gasteiger partial charge in [0.1, 0.15) is 5.82 Å². The van der Waals surface area contributed by atoms with Gasteiger partial charge in [0.15, 0.2) is 0 Å². The first-order valence-electron chi connectivity index (χ1n) is 8.78. The van der Waals surface area contributed by atoms with Gasteiger partial charge in [-0.15, -0.1) is 0 Å². The summed E-state index contributed by atoms with van der Waals surface area (Å²) in [7, 11) is 1.65. The van der Waals surface area contributed by atoms with Crippen LogP contribution in [0.15, 0.2) is 75.2 Å². The van der Waals surface area contributed by atoms with E-state index in [1.807, 2.05) is 31.2 Å². The SMILES string of the molecule is Cc1cc(F)ccc1C(C/C(=N\O)c1ccc(=O)n(C)c1)c1ccc(Br)cc1. The van der Waals surface area contributed by atoms with Crippen LogP contribution in [-0.2, 0) is 7.05 Å². The number of rotatable bonds is 5. The van der Waals surface area contributed by atoms with Crippen molar-refractivity contribution in [2.45, 2.75) is 19.3 Å². The molecule has 0 spiro atoms. The van der Waals surface area contributed by atoms with Crippen LogP contribution < -0.4 is 5.56 Å². The molecule has 0 aliphatic carbocycles. The van der Waals surface area contributed by atoms with E-state index in [4.69, 9.17) is 0 Å². The molecule has 0 aliphatic heterocycles. The monoisotopic (exact) mass is 442 g/mol. The van der Waals surface area contributed by atoms with Crippen molar-refractivity contribution >= 4 is 21.6 Å². The zero-order valence-electron chi connectivity index (χ0n) is 15.6. The summed E-state index contributed by atoms with van der Waals surface area (Å²) in [4.78, 5) is 11.7. The van der Waals surface area contributed by atoms with Crippen molar-refractivity contribution < 1.29 is 9.60 Å². The maximum absolute atomic E-state index is 13.6. The molecule has 0 bridgehead atoms. The normalized spacial score (nSPS) is 12.8. The summed E-state index contributed by atoms with van der Waals surface area (Å²) < 4.78 is 16.0. The number of pyridine rings is 1. The van der Waals surface area contributed by atoms with Crippen molar-refractivity contribution in [1.29, 1.82) is 0 Å². The first-order chi connectivity index (χ1) is 13.4. The van der Waals surface area contributed by atoms with E-state index in [0.29, 0.717) is 17.7 Å². The fourth-order valence-electron chi connectivity index (χ4n) is 3.31. The number of nitrogens with zero attached hydrogens (tertiary/aromatic N) is 2. The maximum atomic E-state index is 13.6. The summed E-state index contributed by atoms with van der Waals surface area (Å²) in [6, 6.07) is 15.7. The minimum Gasteiger partial charge on any atom is -0.411 e. The summed E-state index contributed by atoms with van der Waals surface area (Å²) in [5.74, 6) is -0.429. The molecule has 28 heavy (non-hydrogen) atoms. The predicted molar refractivity (Wildman–Crippen MR) is 112 cm³/mol. The Labute approximate surface area is 171 Å². The second-order valence-corrected chi connectivity index (χ2v) is 7.64. The molecule has 2 aromatic carbocycles. The largest absolute Gasteiger partial charge is 0.411 e. The van der Waals surface area contributed by atoms with Crippen molar-refractivity contribution in [3.63, 3.8) is 0 Å². The number of halogens is 2. The molecule has 6 heteroatoms. The van der Waals surface area contributed by atoms with Gasteiger partial charge < -0.3 is 9.77 Å². The number of hydrogen-bond donors (Lipinski definition) is 1. The van der Waals surface area contributed by atoms with Crippen LogP contribution in [0.25, 0.3) is 0 Å². The number of hydrogen-bond acceptors (Lipinski definition) is 3. The maximum Gasteiger partial charge on any atom is 0.250 e. The molecule has 4 nitrogen and oxygen atoms in total. The second kappa shape index (κ2) is 8.52. The van der Waals surface area contributed by atoms with E-state index in [1.54, 1.807) is 25.4 Å². The minimum atomic E-state index is -0.287. The third kappa shape index (κ3) is 4.39. The third-order valence-electron chi connectivity index (χ3n) is 4.82. The minimum absolute atomic E-state index is 0.139. The predicted octanol–water partition coefficient (Wildman–Crippen LogP) is 5.00. The number of oxime groups is 1. The zero-order chi connectivity index (χ0) is 20.3. The molecule has 1 aromatic heterocycles. The Hall–Kier alpha value is -2.73. The van der Waals surface area contributed by atoms with Crippen molar-refractivity contribution in [2.24, 2.45) is 12.2 Å². The summed E-state index contributed by atoms with van der Waals surface area (Å²) in [6.07, 6.45) is 2.04. The third-order valence-corrected chi connectivity index (χ3v) is 5.35. The summed E-state index contributed by atoms with van der Waals surface area (Å²) in [5, 5.41) is 13.2. The van der Waals surface area contributed by atoms with Crippen LogP contribution >= 0.6 is 15.9 Å². The lowest BCUT2D eigenvalue weighted by Gasteiger charge is -2.21. The molecule has 0 fully saturated rings. The molecular formula is C22H20BrFN2O2. The molecule has 1 atom stereocenters. The van der Waals surface area contributed by atoms with Gasteiger partial charge in [0, 0.05) is 41.7 Å². The Balaban J connectivity index is 2.06. The van der Waals surface area contributed by atoms with Crippen molar-refractivity contribution in [3.05, 3.63) is 104 Å². The van der Waals surface area contributed by atoms with Crippen molar-refractivity contribution in [2.75, 3.05) is 0 Å². The number of aromatic nitrogens is 1. The van der Waals surface area contributed by atoms with Gasteiger partial charge in [-0.3, -0.25) is 4.79 Å². The first-order valence-corrected chi connectivity index (χ1v) is 9.58. The average molecular weight is 443 g/mol. The molecule has 0 saturated carbocycles. The number of aryl methyl sites for hydroxylation is 2. The van der Waals surface area contributed by atoms with Crippen LogP contribution in [0.1, 0.15) is 34.6 Å². The van der Waals surface area contributed by atoms with E-state index in [2.05, 4.69) is 21.1 Å². The Morgan fingerprint density at radius 1 is 1.18 bits per heavy atom. The highest BCUT2D eigenvalue weighted by Crippen LogP contribution is 2.33. The van der Waals surface area contributed by atoms with Gasteiger partial charge in [-0.1, -0.05) is 39.3 Å². The average Bonchev–Trinajstić information content (AvgIpc) is 2.67. The fourth-order valence-corrected chi connectivity index (χ4v) is 3.57. The molecule has 1 heterocycles. The van der Waals surface area contributed by atoms with Crippen LogP contribution in [0, 0.1) is 12.7 Å². The molecule has 0 saturated heterocycles. The first kappa shape index (κ1) is 20.0. The molecule has 1 N–H and O–H groups in total. The highest BCUT2D eigenvalue weighted by molar-refractivity contribution is 9.10.